The van der Waals surface area contributed by atoms with Crippen LogP contribution < -0.4 is 18.9 Å². The van der Waals surface area contributed by atoms with E-state index in [1.54, 1.807) is 26.7 Å². The predicted molar refractivity (Wildman–Crippen MR) is 127 cm³/mol. The minimum atomic E-state index is -0.706. The van der Waals surface area contributed by atoms with Gasteiger partial charge in [-0.05, 0) is 59.3 Å². The van der Waals surface area contributed by atoms with E-state index in [1.165, 1.54) is 0 Å². The fourth-order valence-electron chi connectivity index (χ4n) is 3.74. The van der Waals surface area contributed by atoms with Crippen LogP contribution in [0.15, 0.2) is 49.1 Å². The van der Waals surface area contributed by atoms with Crippen LogP contribution in [0.5, 0.6) is 23.1 Å². The van der Waals surface area contributed by atoms with Gasteiger partial charge < -0.3 is 23.5 Å². The minimum absolute atomic E-state index is 0.342. The summed E-state index contributed by atoms with van der Waals surface area (Å²) in [6.07, 6.45) is 5.37. The van der Waals surface area contributed by atoms with E-state index in [0.29, 0.717) is 36.3 Å². The highest BCUT2D eigenvalue weighted by Gasteiger charge is 2.37. The van der Waals surface area contributed by atoms with Crippen molar-refractivity contribution in [2.75, 3.05) is 20.8 Å². The number of rotatable bonds is 5. The average molecular weight is 544 g/mol. The predicted octanol–water partition coefficient (Wildman–Crippen LogP) is 4.18. The molecule has 0 amide bonds. The second-order valence-corrected chi connectivity index (χ2v) is 8.95. The fourth-order valence-corrected chi connectivity index (χ4v) is 4.18. The zero-order valence-corrected chi connectivity index (χ0v) is 20.0. The lowest BCUT2D eigenvalue weighted by Crippen LogP contribution is -2.39. The zero-order chi connectivity index (χ0) is 22.3. The maximum atomic E-state index is 6.41. The molecule has 1 aliphatic heterocycles. The van der Waals surface area contributed by atoms with Crippen molar-refractivity contribution in [3.8, 4) is 23.1 Å². The van der Waals surface area contributed by atoms with Gasteiger partial charge in [0.1, 0.15) is 12.1 Å². The third-order valence-electron chi connectivity index (χ3n) is 5.46. The van der Waals surface area contributed by atoms with Gasteiger partial charge in [-0.15, -0.1) is 0 Å². The van der Waals surface area contributed by atoms with E-state index in [0.717, 1.165) is 25.9 Å². The van der Waals surface area contributed by atoms with Crippen molar-refractivity contribution in [2.45, 2.75) is 19.1 Å². The van der Waals surface area contributed by atoms with E-state index in [2.05, 4.69) is 37.5 Å². The Hall–Kier alpha value is -3.08. The molecular formula is C23H21IN4O4. The van der Waals surface area contributed by atoms with E-state index in [-0.39, 0.29) is 0 Å². The topological polar surface area (TPSA) is 80.5 Å². The number of hydrogen-bond donors (Lipinski definition) is 0. The number of aromatic nitrogens is 4. The number of imidazole rings is 1. The Morgan fingerprint density at radius 3 is 2.72 bits per heavy atom. The summed E-state index contributed by atoms with van der Waals surface area (Å²) in [5.41, 5.74) is 2.88. The number of fused-ring (bicyclic) bond motifs is 2. The summed E-state index contributed by atoms with van der Waals surface area (Å²) in [7, 11) is 3.21. The van der Waals surface area contributed by atoms with Gasteiger partial charge in [0, 0.05) is 27.6 Å². The SMILES string of the molecule is COc1ccc(C2(C)COc3cc(Cn4cnc5cc(I)cnc54)cc(OC)c3O2)cn1. The van der Waals surface area contributed by atoms with Crippen LogP contribution in [-0.4, -0.2) is 40.3 Å². The van der Waals surface area contributed by atoms with Gasteiger partial charge in [0.05, 0.1) is 27.1 Å². The van der Waals surface area contributed by atoms with E-state index in [4.69, 9.17) is 18.9 Å². The maximum absolute atomic E-state index is 6.41. The monoisotopic (exact) mass is 544 g/mol. The van der Waals surface area contributed by atoms with E-state index < -0.39 is 5.60 Å². The van der Waals surface area contributed by atoms with E-state index in [9.17, 15) is 0 Å². The lowest BCUT2D eigenvalue weighted by atomic mass is 9.97. The Kier molecular flexibility index (Phi) is 5.28. The van der Waals surface area contributed by atoms with Crippen molar-refractivity contribution in [1.29, 1.82) is 0 Å². The molecule has 1 aliphatic rings. The molecule has 1 aromatic carbocycles. The van der Waals surface area contributed by atoms with Crippen LogP contribution in [-0.2, 0) is 12.1 Å². The number of methoxy groups -OCH3 is 2. The quantitative estimate of drug-likeness (QED) is 0.349. The van der Waals surface area contributed by atoms with Crippen LogP contribution in [0.3, 0.4) is 0 Å². The first kappa shape index (κ1) is 20.8. The lowest BCUT2D eigenvalue weighted by molar-refractivity contribution is -0.000444. The first-order chi connectivity index (χ1) is 15.5. The molecule has 1 unspecified atom stereocenters. The molecule has 1 atom stereocenters. The molecule has 164 valence electrons. The smallest absolute Gasteiger partial charge is 0.212 e. The standard InChI is InChI=1S/C23H21IN4O4/c1-23(15-4-5-20(30-3)25-9-15)12-31-19-7-14(6-18(29-2)21(19)32-23)11-28-13-27-17-8-16(24)10-26-22(17)28/h4-10,13H,11-12H2,1-3H3. The second-order valence-electron chi connectivity index (χ2n) is 7.70. The maximum Gasteiger partial charge on any atom is 0.212 e. The van der Waals surface area contributed by atoms with Gasteiger partial charge in [-0.2, -0.15) is 0 Å². The van der Waals surface area contributed by atoms with Crippen molar-refractivity contribution >= 4 is 33.8 Å². The molecule has 9 heteroatoms. The Labute approximate surface area is 198 Å². The lowest BCUT2D eigenvalue weighted by Gasteiger charge is -2.36. The van der Waals surface area contributed by atoms with E-state index >= 15 is 0 Å². The van der Waals surface area contributed by atoms with Crippen molar-refractivity contribution < 1.29 is 18.9 Å². The number of ether oxygens (including phenoxy) is 4. The van der Waals surface area contributed by atoms with Crippen molar-refractivity contribution in [3.63, 3.8) is 0 Å². The normalized spacial score (nSPS) is 17.4. The Morgan fingerprint density at radius 2 is 1.97 bits per heavy atom. The number of benzene rings is 1. The molecule has 0 aliphatic carbocycles. The van der Waals surface area contributed by atoms with Crippen LogP contribution in [0, 0.1) is 3.57 Å². The fraction of sp³-hybridized carbons (Fsp3) is 0.261. The first-order valence-corrected chi connectivity index (χ1v) is 11.1. The molecule has 0 N–H and O–H groups in total. The van der Waals surface area contributed by atoms with Crippen LogP contribution in [0.2, 0.25) is 0 Å². The highest BCUT2D eigenvalue weighted by Crippen LogP contribution is 2.46. The van der Waals surface area contributed by atoms with Gasteiger partial charge in [-0.1, -0.05) is 0 Å². The highest BCUT2D eigenvalue weighted by atomic mass is 127. The third-order valence-corrected chi connectivity index (χ3v) is 6.05. The zero-order valence-electron chi connectivity index (χ0n) is 17.8. The minimum Gasteiger partial charge on any atom is -0.493 e. The van der Waals surface area contributed by atoms with Gasteiger partial charge in [0.25, 0.3) is 0 Å². The van der Waals surface area contributed by atoms with Crippen molar-refractivity contribution in [1.82, 2.24) is 19.5 Å². The van der Waals surface area contributed by atoms with Gasteiger partial charge >= 0.3 is 0 Å². The summed E-state index contributed by atoms with van der Waals surface area (Å²) in [4.78, 5) is 13.3. The Morgan fingerprint density at radius 1 is 1.09 bits per heavy atom. The average Bonchev–Trinajstić information content (AvgIpc) is 3.20. The molecule has 0 radical (unpaired) electrons. The molecule has 0 saturated carbocycles. The van der Waals surface area contributed by atoms with Gasteiger partial charge in [-0.3, -0.25) is 0 Å². The Balaban J connectivity index is 1.46. The van der Waals surface area contributed by atoms with Gasteiger partial charge in [0.15, 0.2) is 22.7 Å². The molecule has 3 aromatic heterocycles. The molecule has 0 saturated heterocycles. The number of hydrogen-bond acceptors (Lipinski definition) is 7. The summed E-state index contributed by atoms with van der Waals surface area (Å²) in [5.74, 6) is 2.37. The molecule has 0 bridgehead atoms. The second kappa shape index (κ2) is 8.12. The molecular weight excluding hydrogens is 523 g/mol. The summed E-state index contributed by atoms with van der Waals surface area (Å²) in [6.45, 7) is 2.89. The van der Waals surface area contributed by atoms with Crippen molar-refractivity contribution in [3.05, 3.63) is 63.7 Å². The molecule has 4 aromatic rings. The molecule has 0 fully saturated rings. The number of nitrogens with zero attached hydrogens (tertiary/aromatic N) is 4. The summed E-state index contributed by atoms with van der Waals surface area (Å²) in [6, 6.07) is 9.68. The molecule has 8 nitrogen and oxygen atoms in total. The van der Waals surface area contributed by atoms with Crippen LogP contribution in [0.4, 0.5) is 0 Å². The summed E-state index contributed by atoms with van der Waals surface area (Å²) in [5, 5.41) is 0. The van der Waals surface area contributed by atoms with Crippen LogP contribution >= 0.6 is 22.6 Å². The van der Waals surface area contributed by atoms with Crippen molar-refractivity contribution in [2.24, 2.45) is 0 Å². The summed E-state index contributed by atoms with van der Waals surface area (Å²) >= 11 is 2.24. The van der Waals surface area contributed by atoms with Crippen LogP contribution in [0.1, 0.15) is 18.1 Å². The molecule has 5 rings (SSSR count). The number of halogens is 1. The largest absolute Gasteiger partial charge is 0.493 e. The number of pyridine rings is 2. The third kappa shape index (κ3) is 3.70. The Bertz CT molecular complexity index is 1270. The molecule has 32 heavy (non-hydrogen) atoms. The summed E-state index contributed by atoms with van der Waals surface area (Å²) < 4.78 is 26.4. The molecule has 0 spiro atoms. The first-order valence-electron chi connectivity index (χ1n) is 9.99. The highest BCUT2D eigenvalue weighted by molar-refractivity contribution is 14.1. The van der Waals surface area contributed by atoms with Crippen LogP contribution in [0.25, 0.3) is 11.2 Å². The van der Waals surface area contributed by atoms with E-state index in [1.807, 2.05) is 48.0 Å². The van der Waals surface area contributed by atoms with Gasteiger partial charge in [0.2, 0.25) is 11.6 Å². The van der Waals surface area contributed by atoms with Gasteiger partial charge in [-0.25, -0.2) is 15.0 Å². The molecule has 4 heterocycles.